The maximum Gasteiger partial charge on any atom is 0.284 e. The summed E-state index contributed by atoms with van der Waals surface area (Å²) in [5, 5.41) is 0.765. The van der Waals surface area contributed by atoms with Gasteiger partial charge in [0.05, 0.1) is 18.4 Å². The van der Waals surface area contributed by atoms with E-state index in [0.717, 1.165) is 68.1 Å². The predicted octanol–water partition coefficient (Wildman–Crippen LogP) is 6.89. The second-order valence-corrected chi connectivity index (χ2v) is 13.9. The number of fused-ring (bicyclic) bond motifs is 3. The Morgan fingerprint density at radius 2 is 2.15 bits per heavy atom. The molecule has 0 radical (unpaired) electrons. The standard InChI is InChI=1S/C33H43ClN2O4S/c1-5-22(3)19-41(38)35-32(37)24-10-14-31-29(17-24)36(18-25-9-12-27(25)30(6-2)39-4)20-33(21-40-31)15-7-8-23-16-26(34)11-13-28(23)33/h6,10-11,13-14,16-17,22,25,27,30,41H,2,5,7-9,12,15,18-21H2,1,3-4H3/t22-,25-,27+,30-,33-/m0/s1. The van der Waals surface area contributed by atoms with Gasteiger partial charge in [-0.2, -0.15) is 4.36 Å². The van der Waals surface area contributed by atoms with E-state index in [1.54, 1.807) is 13.2 Å². The second kappa shape index (κ2) is 12.9. The lowest BCUT2D eigenvalue weighted by atomic mass is 9.68. The minimum Gasteiger partial charge on any atom is -0.490 e. The van der Waals surface area contributed by atoms with E-state index in [9.17, 15) is 9.00 Å². The molecule has 1 heterocycles. The molecule has 2 aromatic rings. The van der Waals surface area contributed by atoms with E-state index in [1.165, 1.54) is 11.1 Å². The fourth-order valence-electron chi connectivity index (χ4n) is 6.83. The van der Waals surface area contributed by atoms with E-state index < -0.39 is 16.5 Å². The number of nitrogens with zero attached hydrogens (tertiary/aromatic N) is 2. The highest BCUT2D eigenvalue weighted by Gasteiger charge is 2.44. The number of hydrogen-bond donors (Lipinski definition) is 1. The average molecular weight is 599 g/mol. The van der Waals surface area contributed by atoms with E-state index in [0.29, 0.717) is 29.8 Å². The highest BCUT2D eigenvalue weighted by molar-refractivity contribution is 7.75. The Balaban J connectivity index is 1.51. The van der Waals surface area contributed by atoms with Crippen LogP contribution in [0.2, 0.25) is 5.02 Å². The molecule has 1 unspecified atom stereocenters. The van der Waals surface area contributed by atoms with E-state index in [2.05, 4.69) is 34.9 Å². The number of carbonyl (C=O) groups excluding carboxylic acids is 1. The average Bonchev–Trinajstić information content (AvgIpc) is 3.10. The highest BCUT2D eigenvalue weighted by atomic mass is 35.5. The summed E-state index contributed by atoms with van der Waals surface area (Å²) in [6.45, 7) is 10.3. The van der Waals surface area contributed by atoms with Crippen molar-refractivity contribution in [2.24, 2.45) is 22.1 Å². The van der Waals surface area contributed by atoms with Crippen molar-refractivity contribution >= 4 is 33.8 Å². The number of thiol groups is 1. The molecule has 2 aliphatic carbocycles. The summed E-state index contributed by atoms with van der Waals surface area (Å²) in [7, 11) is -0.188. The molecule has 1 saturated carbocycles. The zero-order valence-corrected chi connectivity index (χ0v) is 26.1. The third-order valence-electron chi connectivity index (χ3n) is 9.51. The zero-order chi connectivity index (χ0) is 29.1. The zero-order valence-electron chi connectivity index (χ0n) is 24.5. The van der Waals surface area contributed by atoms with Gasteiger partial charge in [-0.15, -0.1) is 6.58 Å². The van der Waals surface area contributed by atoms with Crippen molar-refractivity contribution in [3.05, 3.63) is 70.8 Å². The van der Waals surface area contributed by atoms with Gasteiger partial charge in [-0.3, -0.25) is 9.00 Å². The van der Waals surface area contributed by atoms with Crippen LogP contribution < -0.4 is 9.64 Å². The fourth-order valence-corrected chi connectivity index (χ4v) is 8.21. The quantitative estimate of drug-likeness (QED) is 0.251. The van der Waals surface area contributed by atoms with Gasteiger partial charge in [0.15, 0.2) is 0 Å². The third-order valence-corrected chi connectivity index (χ3v) is 11.1. The molecule has 6 nitrogen and oxygen atoms in total. The van der Waals surface area contributed by atoms with Crippen LogP contribution in [0.5, 0.6) is 5.75 Å². The molecule has 3 aliphatic rings. The first-order valence-electron chi connectivity index (χ1n) is 14.9. The molecule has 2 aromatic carbocycles. The van der Waals surface area contributed by atoms with Crippen LogP contribution in [0.4, 0.5) is 5.69 Å². The molecule has 222 valence electrons. The van der Waals surface area contributed by atoms with Crippen LogP contribution in [0, 0.1) is 17.8 Å². The largest absolute Gasteiger partial charge is 0.490 e. The summed E-state index contributed by atoms with van der Waals surface area (Å²) in [5.41, 5.74) is 3.77. The molecule has 0 N–H and O–H groups in total. The number of halogens is 1. The van der Waals surface area contributed by atoms with Gasteiger partial charge in [0, 0.05) is 52.5 Å². The minimum absolute atomic E-state index is 0.0245. The van der Waals surface area contributed by atoms with E-state index in [4.69, 9.17) is 21.1 Å². The number of carbonyl (C=O) groups is 1. The van der Waals surface area contributed by atoms with Crippen LogP contribution in [0.15, 0.2) is 53.4 Å². The molecular weight excluding hydrogens is 556 g/mol. The van der Waals surface area contributed by atoms with Crippen molar-refractivity contribution in [3.63, 3.8) is 0 Å². The van der Waals surface area contributed by atoms with Gasteiger partial charge in [-0.05, 0) is 91.3 Å². The van der Waals surface area contributed by atoms with Gasteiger partial charge >= 0.3 is 0 Å². The van der Waals surface area contributed by atoms with Crippen molar-refractivity contribution < 1.29 is 18.5 Å². The number of rotatable bonds is 9. The van der Waals surface area contributed by atoms with Crippen molar-refractivity contribution in [3.8, 4) is 5.75 Å². The van der Waals surface area contributed by atoms with Gasteiger partial charge in [-0.1, -0.05) is 44.0 Å². The smallest absolute Gasteiger partial charge is 0.284 e. The van der Waals surface area contributed by atoms with Crippen LogP contribution in [0.1, 0.15) is 67.4 Å². The molecule has 5 rings (SSSR count). The van der Waals surface area contributed by atoms with E-state index in [1.807, 2.05) is 31.2 Å². The molecule has 0 aromatic heterocycles. The van der Waals surface area contributed by atoms with Gasteiger partial charge in [0.25, 0.3) is 5.91 Å². The molecule has 1 amide bonds. The summed E-state index contributed by atoms with van der Waals surface area (Å²) in [6, 6.07) is 11.8. The topological polar surface area (TPSA) is 68.2 Å². The first-order chi connectivity index (χ1) is 19.8. The van der Waals surface area contributed by atoms with Gasteiger partial charge < -0.3 is 14.4 Å². The summed E-state index contributed by atoms with van der Waals surface area (Å²) in [6.07, 6.45) is 8.18. The lowest BCUT2D eigenvalue weighted by Gasteiger charge is -2.46. The normalized spacial score (nSPS) is 25.7. The maximum absolute atomic E-state index is 13.2. The Hall–Kier alpha value is -2.35. The van der Waals surface area contributed by atoms with Crippen LogP contribution >= 0.6 is 11.6 Å². The second-order valence-electron chi connectivity index (χ2n) is 12.2. The Morgan fingerprint density at radius 3 is 2.85 bits per heavy atom. The van der Waals surface area contributed by atoms with Crippen LogP contribution in [-0.4, -0.2) is 48.8 Å². The van der Waals surface area contributed by atoms with Gasteiger partial charge in [-0.25, -0.2) is 0 Å². The molecule has 41 heavy (non-hydrogen) atoms. The van der Waals surface area contributed by atoms with Crippen molar-refractivity contribution in [1.29, 1.82) is 0 Å². The molecule has 1 spiro atoms. The Labute approximate surface area is 251 Å². The molecule has 0 bridgehead atoms. The van der Waals surface area contributed by atoms with Crippen LogP contribution in [-0.2, 0) is 27.2 Å². The minimum atomic E-state index is -1.94. The lowest BCUT2D eigenvalue weighted by molar-refractivity contribution is 0.0135. The van der Waals surface area contributed by atoms with E-state index in [-0.39, 0.29) is 17.4 Å². The van der Waals surface area contributed by atoms with Crippen molar-refractivity contribution in [1.82, 2.24) is 0 Å². The lowest BCUT2D eigenvalue weighted by Crippen LogP contribution is -2.49. The highest BCUT2D eigenvalue weighted by Crippen LogP contribution is 2.47. The monoisotopic (exact) mass is 598 g/mol. The number of amides is 1. The van der Waals surface area contributed by atoms with Crippen molar-refractivity contribution in [2.45, 2.75) is 63.9 Å². The summed E-state index contributed by atoms with van der Waals surface area (Å²) >= 11 is 6.40. The first kappa shape index (κ1) is 30.1. The summed E-state index contributed by atoms with van der Waals surface area (Å²) < 4.78 is 29.0. The Morgan fingerprint density at radius 1 is 1.32 bits per heavy atom. The fraction of sp³-hybridized carbons (Fsp3) is 0.545. The number of aryl methyl sites for hydroxylation is 1. The van der Waals surface area contributed by atoms with Crippen LogP contribution in [0.3, 0.4) is 0 Å². The van der Waals surface area contributed by atoms with E-state index >= 15 is 0 Å². The number of methoxy groups -OCH3 is 1. The number of ether oxygens (including phenoxy) is 2. The number of benzene rings is 2. The molecular formula is C33H43ClN2O4S. The molecule has 8 heteroatoms. The predicted molar refractivity (Wildman–Crippen MR) is 168 cm³/mol. The number of hydrogen-bond acceptors (Lipinski definition) is 5. The third kappa shape index (κ3) is 6.37. The molecule has 1 aliphatic heterocycles. The summed E-state index contributed by atoms with van der Waals surface area (Å²) in [5.74, 6) is 1.87. The first-order valence-corrected chi connectivity index (χ1v) is 16.7. The number of anilines is 1. The molecule has 0 saturated heterocycles. The maximum atomic E-state index is 13.2. The summed E-state index contributed by atoms with van der Waals surface area (Å²) in [4.78, 5) is 15.6. The molecule has 1 fully saturated rings. The molecule has 6 atom stereocenters. The van der Waals surface area contributed by atoms with Gasteiger partial charge in [0.2, 0.25) is 0 Å². The van der Waals surface area contributed by atoms with Crippen LogP contribution in [0.25, 0.3) is 0 Å². The Kier molecular flexibility index (Phi) is 9.47. The van der Waals surface area contributed by atoms with Gasteiger partial charge in [0.1, 0.15) is 5.75 Å². The van der Waals surface area contributed by atoms with Crippen molar-refractivity contribution in [2.75, 3.05) is 37.5 Å². The Bertz CT molecular complexity index is 1370. The SMILES string of the molecule is C=C[C@H](OC)[C@@H]1CC[C@H]1CN1C[C@@]2(CCCc3cc(Cl)ccc32)COc2ccc(C(=O)/N=[SH](=O)\C[C@@H](C)CC)cc21.